The molecule has 7 heteroatoms. The minimum Gasteiger partial charge on any atom is -0.305 e. The minimum atomic E-state index is 0.0123. The number of benzene rings is 12. The van der Waals surface area contributed by atoms with Gasteiger partial charge in [0.1, 0.15) is 71.1 Å². The molecule has 130 heavy (non-hydrogen) atoms. The van der Waals surface area contributed by atoms with Crippen molar-refractivity contribution in [1.29, 1.82) is 0 Å². The molecule has 0 spiro atoms. The van der Waals surface area contributed by atoms with Gasteiger partial charge in [-0.05, 0) is 201 Å². The lowest BCUT2D eigenvalue weighted by atomic mass is 9.77. The third kappa shape index (κ3) is 19.0. The van der Waals surface area contributed by atoms with E-state index in [2.05, 4.69) is 546 Å². The van der Waals surface area contributed by atoms with Crippen molar-refractivity contribution < 1.29 is 13.7 Å². The molecule has 7 nitrogen and oxygen atoms in total. The smallest absolute Gasteiger partial charge is 0.263 e. The first-order valence-corrected chi connectivity index (χ1v) is 47.2. The highest BCUT2D eigenvalue weighted by molar-refractivity contribution is 6.12. The Hall–Kier alpha value is -11.9. The van der Waals surface area contributed by atoms with Gasteiger partial charge in [0.25, 0.3) is 17.5 Å². The van der Waals surface area contributed by atoms with Gasteiger partial charge in [-0.2, -0.15) is 27.4 Å². The van der Waals surface area contributed by atoms with Crippen molar-refractivity contribution >= 4 is 21.8 Å². The number of aromatic nitrogens is 7. The van der Waals surface area contributed by atoms with Gasteiger partial charge < -0.3 is 4.57 Å². The molecule has 0 N–H and O–H groups in total. The number of hydrogen-bond acceptors (Lipinski definition) is 0. The highest BCUT2D eigenvalue weighted by atomic mass is 15.2. The molecule has 16 rings (SSSR count). The number of hydrogen-bond donors (Lipinski definition) is 0. The fraction of sp³-hybridized carbons (Fsp3) is 0.341. The van der Waals surface area contributed by atoms with E-state index in [1.807, 2.05) is 0 Å². The van der Waals surface area contributed by atoms with Crippen LogP contribution in [0.3, 0.4) is 0 Å². The van der Waals surface area contributed by atoms with Gasteiger partial charge >= 0.3 is 0 Å². The molecule has 0 saturated heterocycles. The molecule has 0 radical (unpaired) electrons. The maximum Gasteiger partial charge on any atom is 0.263 e. The monoisotopic (exact) mass is 1720 g/mol. The normalized spacial score (nSPS) is 12.7. The zero-order chi connectivity index (χ0) is 94.4. The van der Waals surface area contributed by atoms with Crippen LogP contribution < -0.4 is 13.7 Å². The maximum atomic E-state index is 2.44. The fourth-order valence-electron chi connectivity index (χ4n) is 19.2. The predicted octanol–water partition coefficient (Wildman–Crippen LogP) is 31.6. The predicted molar refractivity (Wildman–Crippen MR) is 555 cm³/mol. The lowest BCUT2D eigenvalue weighted by molar-refractivity contribution is -0.602. The van der Waals surface area contributed by atoms with Crippen molar-refractivity contribution in [3.63, 3.8) is 0 Å². The van der Waals surface area contributed by atoms with Crippen LogP contribution in [0, 0.1) is 41.5 Å². The summed E-state index contributed by atoms with van der Waals surface area (Å²) in [5.74, 6) is 3.51. The number of fused-ring (bicyclic) bond motifs is 3. The van der Waals surface area contributed by atoms with E-state index in [0.29, 0.717) is 0 Å². The van der Waals surface area contributed by atoms with E-state index < -0.39 is 0 Å². The number of rotatable bonds is 11. The number of imidazole rings is 3. The van der Waals surface area contributed by atoms with Crippen LogP contribution in [0.4, 0.5) is 0 Å². The molecule has 12 aromatic carbocycles. The third-order valence-electron chi connectivity index (χ3n) is 26.9. The topological polar surface area (TPSA) is 31.4 Å². The summed E-state index contributed by atoms with van der Waals surface area (Å²) in [7, 11) is 0. The molecule has 0 aliphatic carbocycles. The van der Waals surface area contributed by atoms with E-state index in [4.69, 9.17) is 0 Å². The fourth-order valence-corrected chi connectivity index (χ4v) is 19.2. The van der Waals surface area contributed by atoms with Crippen LogP contribution in [0.1, 0.15) is 271 Å². The lowest BCUT2D eigenvalue weighted by Gasteiger charge is -2.27. The minimum absolute atomic E-state index is 0.0123. The van der Waals surface area contributed by atoms with Crippen LogP contribution in [0.5, 0.6) is 0 Å². The lowest BCUT2D eigenvalue weighted by Crippen LogP contribution is -2.34. The first-order chi connectivity index (χ1) is 60.7. The molecule has 670 valence electrons. The van der Waals surface area contributed by atoms with Gasteiger partial charge in [0.15, 0.2) is 5.69 Å². The van der Waals surface area contributed by atoms with Crippen molar-refractivity contribution in [1.82, 2.24) is 18.3 Å². The molecule has 0 bridgehead atoms. The summed E-state index contributed by atoms with van der Waals surface area (Å²) < 4.78 is 16.6. The second kappa shape index (κ2) is 35.1. The molecule has 0 fully saturated rings. The second-order valence-electron chi connectivity index (χ2n) is 45.9. The summed E-state index contributed by atoms with van der Waals surface area (Å²) in [4.78, 5) is 0. The molecule has 0 unspecified atom stereocenters. The van der Waals surface area contributed by atoms with Gasteiger partial charge in [0.2, 0.25) is 0 Å². The van der Waals surface area contributed by atoms with Crippen LogP contribution in [0.2, 0.25) is 0 Å². The van der Waals surface area contributed by atoms with E-state index in [9.17, 15) is 0 Å². The van der Waals surface area contributed by atoms with Crippen LogP contribution in [0.15, 0.2) is 286 Å². The van der Waals surface area contributed by atoms with Gasteiger partial charge in [0, 0.05) is 59.5 Å². The summed E-state index contributed by atoms with van der Waals surface area (Å²) in [6, 6.07) is 92.7. The molecule has 0 amide bonds. The SMILES string of the molecule is Cc1c(-[n+]2ccn(-c3cccc4c5ccccc5n(-c5ccccc5)c34)c2C)cccc1C(C)(C)C.Cc1c(-n2cc[n+](-c3c(-c4cc(C(C)(C)C)cc(C(C)(C)C)c4)cccc3-c3cc(C(C)(C)C)cc(C(C)(C)C)c3)c2C)cccc1C(C)(C)C.Cc1c(-n2cc[n+](-c3c(-c4ccc(C(C)(C)C)cc4)cccc3-c3ccc(C(C)(C)C)cc3)c2C)cccc1C(C)(C)C. The molecular weight excluding hydrogens is 1580 g/mol. The van der Waals surface area contributed by atoms with Gasteiger partial charge in [-0.3, -0.25) is 0 Å². The van der Waals surface area contributed by atoms with E-state index >= 15 is 0 Å². The van der Waals surface area contributed by atoms with E-state index in [1.165, 1.54) is 190 Å². The molecule has 0 aliphatic rings. The van der Waals surface area contributed by atoms with Gasteiger partial charge in [-0.1, -0.05) is 393 Å². The van der Waals surface area contributed by atoms with Gasteiger partial charge in [-0.25, -0.2) is 0 Å². The van der Waals surface area contributed by atoms with E-state index in [-0.39, 0.29) is 48.7 Å². The molecule has 4 heterocycles. The first kappa shape index (κ1) is 94.2. The summed E-state index contributed by atoms with van der Waals surface area (Å²) in [5, 5.41) is 2.53. The van der Waals surface area contributed by atoms with Crippen molar-refractivity contribution in [2.75, 3.05) is 0 Å². The average Bonchev–Trinajstić information content (AvgIpc) is 1.57. The third-order valence-corrected chi connectivity index (χ3v) is 26.9. The second-order valence-corrected chi connectivity index (χ2v) is 45.9. The average molecular weight is 1720 g/mol. The molecule has 4 aromatic heterocycles. The van der Waals surface area contributed by atoms with Crippen LogP contribution in [-0.4, -0.2) is 18.3 Å². The number of para-hydroxylation sites is 5. The molecule has 0 atom stereocenters. The summed E-state index contributed by atoms with van der Waals surface area (Å²) >= 11 is 0. The van der Waals surface area contributed by atoms with Crippen molar-refractivity contribution in [2.24, 2.45) is 0 Å². The summed E-state index contributed by atoms with van der Waals surface area (Å²) in [6.07, 6.45) is 13.4. The van der Waals surface area contributed by atoms with Gasteiger partial charge in [-0.15, -0.1) is 0 Å². The Balaban J connectivity index is 0.000000159. The van der Waals surface area contributed by atoms with Crippen LogP contribution in [0.25, 0.3) is 106 Å². The summed E-state index contributed by atoms with van der Waals surface area (Å²) in [5.41, 5.74) is 37.6. The van der Waals surface area contributed by atoms with Gasteiger partial charge in [0.05, 0.1) is 5.52 Å². The Morgan fingerprint density at radius 3 is 0.923 bits per heavy atom. The van der Waals surface area contributed by atoms with Crippen LogP contribution >= 0.6 is 0 Å². The molecule has 0 saturated carbocycles. The Labute approximate surface area is 780 Å². The van der Waals surface area contributed by atoms with Crippen LogP contribution in [-0.2, 0) is 48.7 Å². The largest absolute Gasteiger partial charge is 0.305 e. The Kier molecular flexibility index (Phi) is 25.4. The standard InChI is InChI=1S/C49H65N2.C41H49N2.C33H32N3/c1-32-42(49(15,16)17)22-19-23-43(32)50-24-25-51(33(50)2)44-40(34-26-36(45(3,4)5)30-37(27-34)46(6,7)8)20-18-21-41(44)35-28-38(47(9,10)11)31-39(29-35)48(12,13)14;1-28-36(41(9,10)11)16-13-17-37(28)42-26-27-43(29(42)2)38-34(30-18-22-32(23-19-30)39(3,4)5)14-12-15-35(38)31-20-24-33(25-21-31)40(6,7)8;1-23-28(33(3,4)5)17-12-19-29(23)34-21-22-35(24(34)2)31-20-11-16-27-26-15-9-10-18-30(26)36(32(27)31)25-13-7-6-8-14-25/h18-31H,1-17H3;12-27H,1-11H3;6-22H,1-5H3/q3*+1. The first-order valence-electron chi connectivity index (χ1n) is 47.2. The van der Waals surface area contributed by atoms with Crippen molar-refractivity contribution in [3.8, 4) is 84.3 Å². The van der Waals surface area contributed by atoms with E-state index in [1.54, 1.807) is 0 Å². The molecular formula is C123H146N7+3. The Morgan fingerprint density at radius 1 is 0.231 bits per heavy atom. The Bertz CT molecular complexity index is 6610. The Morgan fingerprint density at radius 2 is 0.538 bits per heavy atom. The van der Waals surface area contributed by atoms with Crippen molar-refractivity contribution in [2.45, 2.75) is 277 Å². The highest BCUT2D eigenvalue weighted by Crippen LogP contribution is 2.45. The molecule has 0 aliphatic heterocycles. The summed E-state index contributed by atoms with van der Waals surface area (Å²) in [6.45, 7) is 75.7. The number of nitrogens with zero attached hydrogens (tertiary/aromatic N) is 7. The molecule has 16 aromatic rings. The zero-order valence-corrected chi connectivity index (χ0v) is 84.8. The maximum absolute atomic E-state index is 2.44. The quantitative estimate of drug-likeness (QED) is 0.116. The highest BCUT2D eigenvalue weighted by Gasteiger charge is 2.34. The van der Waals surface area contributed by atoms with E-state index in [0.717, 1.165) is 0 Å². The van der Waals surface area contributed by atoms with Crippen molar-refractivity contribution in [3.05, 3.63) is 370 Å². The zero-order valence-electron chi connectivity index (χ0n) is 84.8.